The van der Waals surface area contributed by atoms with E-state index in [1.165, 1.54) is 0 Å². The van der Waals surface area contributed by atoms with Gasteiger partial charge in [0.2, 0.25) is 5.91 Å². The van der Waals surface area contributed by atoms with Gasteiger partial charge in [-0.15, -0.1) is 0 Å². The highest BCUT2D eigenvalue weighted by Crippen LogP contribution is 2.04. The summed E-state index contributed by atoms with van der Waals surface area (Å²) in [6.45, 7) is 5.29. The van der Waals surface area contributed by atoms with Crippen LogP contribution in [-0.4, -0.2) is 33.2 Å². The first kappa shape index (κ1) is 14.7. The summed E-state index contributed by atoms with van der Waals surface area (Å²) in [6, 6.07) is 0. The molecule has 0 fully saturated rings. The number of imidazole rings is 1. The topological polar surface area (TPSA) is 67.2 Å². The summed E-state index contributed by atoms with van der Waals surface area (Å²) < 4.78 is 1.95. The SMILES string of the molecule is CC(C)C(O)CCNC(=O)CCCn1ccnc1. The van der Waals surface area contributed by atoms with Gasteiger partial charge in [-0.2, -0.15) is 0 Å². The normalized spacial score (nSPS) is 12.7. The number of nitrogens with zero attached hydrogens (tertiary/aromatic N) is 2. The minimum atomic E-state index is -0.337. The molecule has 5 heteroatoms. The van der Waals surface area contributed by atoms with Crippen LogP contribution in [0, 0.1) is 5.92 Å². The largest absolute Gasteiger partial charge is 0.393 e. The predicted molar refractivity (Wildman–Crippen MR) is 69.9 cm³/mol. The number of hydrogen-bond donors (Lipinski definition) is 2. The third-order valence-corrected chi connectivity index (χ3v) is 2.91. The third kappa shape index (κ3) is 5.82. The van der Waals surface area contributed by atoms with Crippen molar-refractivity contribution in [3.05, 3.63) is 18.7 Å². The van der Waals surface area contributed by atoms with Gasteiger partial charge in [0.25, 0.3) is 0 Å². The molecule has 1 aromatic rings. The van der Waals surface area contributed by atoms with E-state index in [1.54, 1.807) is 12.5 Å². The molecule has 0 radical (unpaired) electrons. The van der Waals surface area contributed by atoms with Gasteiger partial charge in [-0.1, -0.05) is 13.8 Å². The van der Waals surface area contributed by atoms with Crippen LogP contribution in [0.5, 0.6) is 0 Å². The zero-order valence-electron chi connectivity index (χ0n) is 11.2. The maximum Gasteiger partial charge on any atom is 0.220 e. The maximum atomic E-state index is 11.5. The van der Waals surface area contributed by atoms with E-state index < -0.39 is 0 Å². The minimum Gasteiger partial charge on any atom is -0.393 e. The lowest BCUT2D eigenvalue weighted by Gasteiger charge is -2.14. The number of aliphatic hydroxyl groups is 1. The van der Waals surface area contributed by atoms with Crippen LogP contribution >= 0.6 is 0 Å². The van der Waals surface area contributed by atoms with Crippen molar-refractivity contribution in [3.8, 4) is 0 Å². The summed E-state index contributed by atoms with van der Waals surface area (Å²) in [5.74, 6) is 0.286. The fourth-order valence-corrected chi connectivity index (χ4v) is 1.62. The quantitative estimate of drug-likeness (QED) is 0.731. The Hall–Kier alpha value is -1.36. The molecule has 5 nitrogen and oxygen atoms in total. The minimum absolute atomic E-state index is 0.0473. The van der Waals surface area contributed by atoms with Crippen LogP contribution in [-0.2, 0) is 11.3 Å². The molecule has 1 rings (SSSR count). The molecular formula is C13H23N3O2. The van der Waals surface area contributed by atoms with E-state index in [0.717, 1.165) is 13.0 Å². The van der Waals surface area contributed by atoms with Gasteiger partial charge < -0.3 is 15.0 Å². The van der Waals surface area contributed by atoms with Gasteiger partial charge in [0.05, 0.1) is 12.4 Å². The van der Waals surface area contributed by atoms with Crippen molar-refractivity contribution >= 4 is 5.91 Å². The van der Waals surface area contributed by atoms with Crippen LogP contribution in [0.4, 0.5) is 0 Å². The molecule has 1 amide bonds. The molecule has 1 unspecified atom stereocenters. The molecule has 1 aromatic heterocycles. The van der Waals surface area contributed by atoms with E-state index >= 15 is 0 Å². The molecule has 1 heterocycles. The van der Waals surface area contributed by atoms with E-state index in [2.05, 4.69) is 10.3 Å². The molecule has 102 valence electrons. The molecule has 0 aliphatic carbocycles. The smallest absolute Gasteiger partial charge is 0.220 e. The monoisotopic (exact) mass is 253 g/mol. The highest BCUT2D eigenvalue weighted by Gasteiger charge is 2.09. The molecule has 1 atom stereocenters. The van der Waals surface area contributed by atoms with Crippen molar-refractivity contribution < 1.29 is 9.90 Å². The van der Waals surface area contributed by atoms with Crippen molar-refractivity contribution in [1.29, 1.82) is 0 Å². The molecule has 0 bridgehead atoms. The zero-order valence-corrected chi connectivity index (χ0v) is 11.2. The van der Waals surface area contributed by atoms with Crippen molar-refractivity contribution in [2.24, 2.45) is 5.92 Å². The van der Waals surface area contributed by atoms with E-state index in [4.69, 9.17) is 0 Å². The van der Waals surface area contributed by atoms with Crippen LogP contribution < -0.4 is 5.32 Å². The number of carbonyl (C=O) groups is 1. The molecule has 0 aliphatic heterocycles. The summed E-state index contributed by atoms with van der Waals surface area (Å²) >= 11 is 0. The molecule has 0 aliphatic rings. The summed E-state index contributed by atoms with van der Waals surface area (Å²) in [5, 5.41) is 12.4. The second-order valence-electron chi connectivity index (χ2n) is 4.85. The Balaban J connectivity index is 2.04. The van der Waals surface area contributed by atoms with Gasteiger partial charge in [0, 0.05) is 31.9 Å². The van der Waals surface area contributed by atoms with Gasteiger partial charge in [0.15, 0.2) is 0 Å². The Morgan fingerprint density at radius 2 is 2.28 bits per heavy atom. The van der Waals surface area contributed by atoms with Crippen LogP contribution in [0.15, 0.2) is 18.7 Å². The average molecular weight is 253 g/mol. The van der Waals surface area contributed by atoms with Gasteiger partial charge in [-0.25, -0.2) is 4.98 Å². The van der Waals surface area contributed by atoms with Gasteiger partial charge in [0.1, 0.15) is 0 Å². The Bertz CT molecular complexity index is 336. The molecule has 0 spiro atoms. The summed E-state index contributed by atoms with van der Waals surface area (Å²) in [7, 11) is 0. The number of carbonyl (C=O) groups excluding carboxylic acids is 1. The number of amides is 1. The molecule has 2 N–H and O–H groups in total. The number of nitrogens with one attached hydrogen (secondary N) is 1. The van der Waals surface area contributed by atoms with Crippen LogP contribution in [0.3, 0.4) is 0 Å². The van der Waals surface area contributed by atoms with Crippen molar-refractivity contribution in [1.82, 2.24) is 14.9 Å². The molecular weight excluding hydrogens is 230 g/mol. The standard InChI is InChI=1S/C13H23N3O2/c1-11(2)12(17)5-6-15-13(18)4-3-8-16-9-7-14-10-16/h7,9-12,17H,3-6,8H2,1-2H3,(H,15,18). The van der Waals surface area contributed by atoms with E-state index in [-0.39, 0.29) is 17.9 Å². The molecule has 0 saturated carbocycles. The number of rotatable bonds is 8. The highest BCUT2D eigenvalue weighted by atomic mass is 16.3. The first-order valence-corrected chi connectivity index (χ1v) is 6.50. The van der Waals surface area contributed by atoms with E-state index in [0.29, 0.717) is 19.4 Å². The fourth-order valence-electron chi connectivity index (χ4n) is 1.62. The Morgan fingerprint density at radius 3 is 2.89 bits per heavy atom. The zero-order chi connectivity index (χ0) is 13.4. The first-order chi connectivity index (χ1) is 8.59. The average Bonchev–Trinajstić information content (AvgIpc) is 2.81. The maximum absolute atomic E-state index is 11.5. The number of hydrogen-bond acceptors (Lipinski definition) is 3. The highest BCUT2D eigenvalue weighted by molar-refractivity contribution is 5.75. The molecule has 18 heavy (non-hydrogen) atoms. The summed E-state index contributed by atoms with van der Waals surface area (Å²) in [4.78, 5) is 15.4. The van der Waals surface area contributed by atoms with Crippen molar-refractivity contribution in [2.75, 3.05) is 6.54 Å². The third-order valence-electron chi connectivity index (χ3n) is 2.91. The van der Waals surface area contributed by atoms with Gasteiger partial charge in [-0.3, -0.25) is 4.79 Å². The van der Waals surface area contributed by atoms with Crippen LogP contribution in [0.25, 0.3) is 0 Å². The number of aryl methyl sites for hydroxylation is 1. The number of aliphatic hydroxyl groups excluding tert-OH is 1. The Morgan fingerprint density at radius 1 is 1.50 bits per heavy atom. The van der Waals surface area contributed by atoms with Crippen molar-refractivity contribution in [3.63, 3.8) is 0 Å². The Kier molecular flexibility index (Phi) is 6.43. The lowest BCUT2D eigenvalue weighted by atomic mass is 10.0. The Labute approximate surface area is 108 Å². The lowest BCUT2D eigenvalue weighted by Crippen LogP contribution is -2.28. The van der Waals surface area contributed by atoms with E-state index in [1.807, 2.05) is 24.6 Å². The van der Waals surface area contributed by atoms with Gasteiger partial charge in [-0.05, 0) is 18.8 Å². The summed E-state index contributed by atoms with van der Waals surface area (Å²) in [6.07, 6.45) is 6.95. The summed E-state index contributed by atoms with van der Waals surface area (Å²) in [5.41, 5.74) is 0. The molecule has 0 saturated heterocycles. The first-order valence-electron chi connectivity index (χ1n) is 6.50. The fraction of sp³-hybridized carbons (Fsp3) is 0.692. The van der Waals surface area contributed by atoms with Crippen molar-refractivity contribution in [2.45, 2.75) is 45.8 Å². The molecule has 0 aromatic carbocycles. The lowest BCUT2D eigenvalue weighted by molar-refractivity contribution is -0.121. The second kappa shape index (κ2) is 7.87. The van der Waals surface area contributed by atoms with Gasteiger partial charge >= 0.3 is 0 Å². The van der Waals surface area contributed by atoms with Crippen LogP contribution in [0.2, 0.25) is 0 Å². The predicted octanol–water partition coefficient (Wildman–Crippen LogP) is 1.19. The number of aromatic nitrogens is 2. The second-order valence-corrected chi connectivity index (χ2v) is 4.85. The van der Waals surface area contributed by atoms with E-state index in [9.17, 15) is 9.90 Å². The van der Waals surface area contributed by atoms with Crippen LogP contribution in [0.1, 0.15) is 33.1 Å².